The number of esters is 1. The van der Waals surface area contributed by atoms with E-state index in [1.54, 1.807) is 0 Å². The molecule has 0 aromatic rings. The van der Waals surface area contributed by atoms with Crippen molar-refractivity contribution >= 4 is 16.1 Å². The summed E-state index contributed by atoms with van der Waals surface area (Å²) in [6, 6.07) is 0. The second-order valence-corrected chi connectivity index (χ2v) is 4.87. The average molecular weight is 227 g/mol. The van der Waals surface area contributed by atoms with E-state index >= 15 is 0 Å². The van der Waals surface area contributed by atoms with Crippen LogP contribution < -0.4 is 0 Å². The number of hydrogen-bond acceptors (Lipinski definition) is 4. The molecule has 82 valence electrons. The summed E-state index contributed by atoms with van der Waals surface area (Å²) in [6.07, 6.45) is 0.980. The van der Waals surface area contributed by atoms with Gasteiger partial charge in [0.15, 0.2) is 0 Å². The third-order valence-electron chi connectivity index (χ3n) is 1.24. The Kier molecular flexibility index (Phi) is 4.24. The molecule has 0 rings (SSSR count). The van der Waals surface area contributed by atoms with Crippen LogP contribution in [0.25, 0.3) is 0 Å². The molecule has 7 heteroatoms. The molecule has 0 aliphatic carbocycles. The molecule has 14 heavy (non-hydrogen) atoms. The van der Waals surface area contributed by atoms with Gasteiger partial charge < -0.3 is 4.74 Å². The lowest BCUT2D eigenvalue weighted by Crippen LogP contribution is -2.45. The lowest BCUT2D eigenvalue weighted by Gasteiger charge is -2.26. The standard InChI is InChI=1S/C7H13NO5S/c1-4-7(9)13-5-8(2,3)6-14(10,11)12/h4H,1,5-6H2,2-3H3/p+1/i2+1,3+1,8+1. The smallest absolute Gasteiger partial charge is 0.334 e. The predicted molar refractivity (Wildman–Crippen MR) is 49.7 cm³/mol. The normalized spacial score (nSPS) is 12.2. The average Bonchev–Trinajstić information content (AvgIpc) is 1.96. The minimum absolute atomic E-state index is 0.148. The van der Waals surface area contributed by atoms with Crippen molar-refractivity contribution in [2.45, 2.75) is 0 Å². The van der Waals surface area contributed by atoms with Crippen molar-refractivity contribution < 1.29 is 27.0 Å². The Labute approximate surface area is 83.1 Å². The summed E-state index contributed by atoms with van der Waals surface area (Å²) in [4.78, 5) is 10.7. The molecule has 0 unspecified atom stereocenters. The lowest BCUT2D eigenvalue weighted by molar-refractivity contribution is -0.896. The maximum Gasteiger partial charge on any atom is 0.334 e. The molecule has 0 saturated carbocycles. The highest BCUT2D eigenvalue weighted by atomic mass is 32.2. The Morgan fingerprint density at radius 1 is 1.57 bits per heavy atom. The minimum atomic E-state index is -4.08. The van der Waals surface area contributed by atoms with Crippen molar-refractivity contribution in [2.75, 3.05) is 26.7 Å². The van der Waals surface area contributed by atoms with Gasteiger partial charge in [-0.1, -0.05) is 6.58 Å². The summed E-state index contributed by atoms with van der Waals surface area (Å²) >= 11 is 0. The summed E-state index contributed by atoms with van der Waals surface area (Å²) in [5.41, 5.74) is 0. The van der Waals surface area contributed by atoms with Crippen LogP contribution in [0.4, 0.5) is 0 Å². The minimum Gasteiger partial charge on any atom is -0.412 e. The molecule has 0 atom stereocenters. The van der Waals surface area contributed by atoms with E-state index in [0.29, 0.717) is 0 Å². The van der Waals surface area contributed by atoms with Crippen LogP contribution in [0.2, 0.25) is 0 Å². The van der Waals surface area contributed by atoms with Crippen molar-refractivity contribution in [1.29, 1.82) is 0 Å². The fourth-order valence-corrected chi connectivity index (χ4v) is 1.73. The van der Waals surface area contributed by atoms with Crippen LogP contribution in [0.1, 0.15) is 0 Å². The summed E-state index contributed by atoms with van der Waals surface area (Å²) in [5.74, 6) is -1.15. The Balaban J connectivity index is 4.21. The van der Waals surface area contributed by atoms with E-state index in [-0.39, 0.29) is 11.2 Å². The van der Waals surface area contributed by atoms with Gasteiger partial charge in [-0.25, -0.2) is 4.79 Å². The fourth-order valence-electron chi connectivity index (χ4n) is 0.776. The second kappa shape index (κ2) is 4.54. The Hall–Kier alpha value is -0.920. The topological polar surface area (TPSA) is 80.7 Å². The first-order chi connectivity index (χ1) is 6.16. The van der Waals surface area contributed by atoms with Crippen LogP contribution in [-0.4, -0.2) is 50.1 Å². The van der Waals surface area contributed by atoms with Gasteiger partial charge in [0, 0.05) is 6.08 Å². The zero-order valence-electron chi connectivity index (χ0n) is 8.13. The zero-order chi connectivity index (χ0) is 11.4. The van der Waals surface area contributed by atoms with E-state index in [2.05, 4.69) is 11.3 Å². The van der Waals surface area contributed by atoms with Gasteiger partial charge >= 0.3 is 16.1 Å². The molecule has 0 fully saturated rings. The third-order valence-corrected chi connectivity index (χ3v) is 2.26. The molecule has 0 radical (unpaired) electrons. The van der Waals surface area contributed by atoms with Gasteiger partial charge in [-0.2, -0.15) is 8.42 Å². The van der Waals surface area contributed by atoms with Crippen LogP contribution in [0.15, 0.2) is 12.7 Å². The van der Waals surface area contributed by atoms with Crippen LogP contribution in [0.3, 0.4) is 0 Å². The van der Waals surface area contributed by atoms with Crippen molar-refractivity contribution in [3.05, 3.63) is 12.7 Å². The van der Waals surface area contributed by atoms with Crippen LogP contribution in [0, 0.1) is 0 Å². The van der Waals surface area contributed by atoms with Gasteiger partial charge in [0.2, 0.25) is 12.6 Å². The van der Waals surface area contributed by atoms with E-state index in [0.717, 1.165) is 6.08 Å². The molecule has 0 bridgehead atoms. The van der Waals surface area contributed by atoms with E-state index in [9.17, 15) is 13.2 Å². The van der Waals surface area contributed by atoms with Gasteiger partial charge in [0.25, 0.3) is 0 Å². The molecule has 6 nitrogen and oxygen atoms in total. The molecule has 0 aromatic carbocycles. The molecule has 0 spiro atoms. The Morgan fingerprint density at radius 2 is 2.07 bits per heavy atom. The van der Waals surface area contributed by atoms with Gasteiger partial charge in [0.1, 0.15) is 0 Å². The molecule has 0 heterocycles. The Morgan fingerprint density at radius 3 is 2.43 bits per heavy atom. The summed E-state index contributed by atoms with van der Waals surface area (Å²) in [7, 11) is -1.07. The number of nitrogens with zero attached hydrogens (tertiary/aromatic N) is 1. The van der Waals surface area contributed by atoms with Crippen molar-refractivity contribution in [1.82, 2.24) is 0 Å². The van der Waals surface area contributed by atoms with Crippen molar-refractivity contribution in [3.63, 3.8) is 0 Å². The third kappa shape index (κ3) is 6.58. The van der Waals surface area contributed by atoms with E-state index < -0.39 is 22.0 Å². The predicted octanol–water partition coefficient (Wildman–Crippen LogP) is -0.405. The van der Waals surface area contributed by atoms with Gasteiger partial charge in [-0.05, 0) is 0 Å². The molecule has 0 aliphatic rings. The lowest BCUT2D eigenvalue weighted by atomic mass is 10.7. The van der Waals surface area contributed by atoms with Gasteiger partial charge in [-0.3, -0.25) is 9.04 Å². The van der Waals surface area contributed by atoms with Crippen molar-refractivity contribution in [3.8, 4) is 0 Å². The molecular formula is C7H14NO5S+. The quantitative estimate of drug-likeness (QED) is 0.131. The first-order valence-electron chi connectivity index (χ1n) is 3.73. The first kappa shape index (κ1) is 13.1. The van der Waals surface area contributed by atoms with Crippen LogP contribution in [0.5, 0.6) is 0 Å². The second-order valence-electron chi connectivity index (χ2n) is 3.44. The Bertz CT molecular complexity index is 319. The number of quaternary nitrogens is 1. The number of carbonyl (C=O) groups excluding carboxylic acids is 1. The molecule has 0 aromatic heterocycles. The number of rotatable bonds is 5. The van der Waals surface area contributed by atoms with Gasteiger partial charge in [-0.15, -0.1) is 0 Å². The summed E-state index contributed by atoms with van der Waals surface area (Å²) in [6.45, 7) is 3.04. The van der Waals surface area contributed by atoms with E-state index in [1.807, 2.05) is 0 Å². The monoisotopic (exact) mass is 227 g/mol. The maximum absolute atomic E-state index is 10.7. The highest BCUT2D eigenvalue weighted by molar-refractivity contribution is 7.85. The molecule has 0 saturated heterocycles. The molecule has 0 amide bonds. The number of ether oxygens (including phenoxy) is 1. The number of hydrogen-bond donors (Lipinski definition) is 1. The highest BCUT2D eigenvalue weighted by Gasteiger charge is 2.24. The highest BCUT2D eigenvalue weighted by Crippen LogP contribution is 2.01. The van der Waals surface area contributed by atoms with Gasteiger partial charge in [0.05, 0.1) is 14.1 Å². The molecular weight excluding hydrogens is 213 g/mol. The maximum atomic E-state index is 10.7. The molecule has 0 aliphatic heterocycles. The van der Waals surface area contributed by atoms with Crippen molar-refractivity contribution in [2.24, 2.45) is 0 Å². The summed E-state index contributed by atoms with van der Waals surface area (Å²) in [5, 5.41) is 0. The van der Waals surface area contributed by atoms with E-state index in [4.69, 9.17) is 4.55 Å². The summed E-state index contributed by atoms with van der Waals surface area (Å²) < 4.78 is 34.1. The number of carbonyl (C=O) groups is 1. The van der Waals surface area contributed by atoms with E-state index in [1.165, 1.54) is 14.1 Å². The largest absolute Gasteiger partial charge is 0.412 e. The fraction of sp³-hybridized carbons (Fsp3) is 0.571. The SMILES string of the molecule is C=CC(=O)OC[15N+]([13CH3])([13CH3])CS(=O)(=O)O. The van der Waals surface area contributed by atoms with Crippen LogP contribution in [-0.2, 0) is 19.6 Å². The van der Waals surface area contributed by atoms with Crippen LogP contribution >= 0.6 is 0 Å². The molecule has 1 N–H and O–H groups in total. The first-order valence-corrected chi connectivity index (χ1v) is 5.33. The zero-order valence-corrected chi connectivity index (χ0v) is 8.95.